The van der Waals surface area contributed by atoms with Crippen molar-refractivity contribution in [2.75, 3.05) is 70.4 Å². The molecule has 0 spiro atoms. The number of nitrogens with zero attached hydrogens (tertiary/aromatic N) is 7. The van der Waals surface area contributed by atoms with Crippen molar-refractivity contribution in [2.24, 2.45) is 10.4 Å². The van der Waals surface area contributed by atoms with Crippen LogP contribution in [0.5, 0.6) is 11.6 Å². The van der Waals surface area contributed by atoms with Gasteiger partial charge in [0.25, 0.3) is 0 Å². The average Bonchev–Trinajstić information content (AvgIpc) is 4.15. The number of terminal acetylenes is 1. The highest BCUT2D eigenvalue weighted by Crippen LogP contribution is 2.40. The van der Waals surface area contributed by atoms with E-state index in [0.29, 0.717) is 66.1 Å². The Morgan fingerprint density at radius 1 is 0.914 bits per heavy atom. The summed E-state index contributed by atoms with van der Waals surface area (Å²) in [6.45, 7) is 15.4. The van der Waals surface area contributed by atoms with Gasteiger partial charge < -0.3 is 50.5 Å². The fourth-order valence-electron chi connectivity index (χ4n) is 12.4. The summed E-state index contributed by atoms with van der Waals surface area (Å²) in [4.78, 5) is 63.5. The Hall–Kier alpha value is -7.04. The number of hydrogen-bond acceptors (Lipinski definition) is 13. The number of carbonyl (C=O) groups is 3. The molecule has 81 heavy (non-hydrogen) atoms. The van der Waals surface area contributed by atoms with E-state index in [4.69, 9.17) is 16.1 Å². The van der Waals surface area contributed by atoms with Crippen molar-refractivity contribution in [3.05, 3.63) is 94.8 Å². The summed E-state index contributed by atoms with van der Waals surface area (Å²) in [6, 6.07) is 14.1. The quantitative estimate of drug-likeness (QED) is 0.0378. The highest BCUT2D eigenvalue weighted by molar-refractivity contribution is 6.03. The number of aliphatic imine (C=N–C) groups is 1. The zero-order valence-electron chi connectivity index (χ0n) is 47.1. The van der Waals surface area contributed by atoms with Gasteiger partial charge in [0, 0.05) is 136 Å². The molecule has 10 rings (SSSR count). The molecule has 16 nitrogen and oxygen atoms in total. The molecule has 2 aromatic heterocycles. The molecule has 2 bridgehead atoms. The lowest BCUT2D eigenvalue weighted by Gasteiger charge is -2.35. The minimum absolute atomic E-state index is 0.0227. The summed E-state index contributed by atoms with van der Waals surface area (Å²) in [7, 11) is 0. The molecule has 428 valence electrons. The number of aliphatic hydroxyl groups is 1. The summed E-state index contributed by atoms with van der Waals surface area (Å²) >= 11 is 0. The van der Waals surface area contributed by atoms with E-state index in [0.717, 1.165) is 101 Å². The van der Waals surface area contributed by atoms with Crippen molar-refractivity contribution in [3.8, 4) is 35.2 Å². The minimum atomic E-state index is -0.868. The second-order valence-electron chi connectivity index (χ2n) is 23.7. The topological polar surface area (TPSA) is 188 Å². The lowest BCUT2D eigenvalue weighted by molar-refractivity contribution is -0.144. The highest BCUT2D eigenvalue weighted by Gasteiger charge is 2.44. The van der Waals surface area contributed by atoms with Crippen LogP contribution in [0, 0.1) is 29.4 Å². The first-order valence-electron chi connectivity index (χ1n) is 28.9. The van der Waals surface area contributed by atoms with E-state index in [-0.39, 0.29) is 71.6 Å². The summed E-state index contributed by atoms with van der Waals surface area (Å²) < 4.78 is 38.4. The molecular formula is C63H76F2N10O6. The number of β-amino-alcohol motifs (C(OH)–C–C–N with tert-alkyl or cyclic N) is 1. The van der Waals surface area contributed by atoms with E-state index in [9.17, 15) is 24.6 Å². The lowest BCUT2D eigenvalue weighted by atomic mass is 9.85. The third-order valence-corrected chi connectivity index (χ3v) is 16.8. The number of allylic oxidation sites excluding steroid dienone is 2. The van der Waals surface area contributed by atoms with E-state index < -0.39 is 35.2 Å². The number of pyridine rings is 2. The predicted octanol–water partition coefficient (Wildman–Crippen LogP) is 7.71. The zero-order chi connectivity index (χ0) is 57.0. The summed E-state index contributed by atoms with van der Waals surface area (Å²) in [5, 5.41) is 32.5. The van der Waals surface area contributed by atoms with E-state index in [1.54, 1.807) is 12.3 Å². The zero-order valence-corrected chi connectivity index (χ0v) is 47.1. The number of ether oxygens (including phenoxy) is 1. The number of amides is 3. The van der Waals surface area contributed by atoms with E-state index in [2.05, 4.69) is 46.5 Å². The van der Waals surface area contributed by atoms with Crippen LogP contribution in [0.25, 0.3) is 38.4 Å². The lowest BCUT2D eigenvalue weighted by Crippen LogP contribution is -2.57. The van der Waals surface area contributed by atoms with Gasteiger partial charge in [-0.05, 0) is 91.3 Å². The molecule has 5 aliphatic heterocycles. The number of benzene rings is 3. The van der Waals surface area contributed by atoms with Crippen LogP contribution in [0.15, 0.2) is 71.5 Å². The number of phenolic OH excluding ortho intramolecular Hbond substituents is 1. The molecule has 5 atom stereocenters. The number of rotatable bonds is 20. The first-order chi connectivity index (χ1) is 39.0. The largest absolute Gasteiger partial charge is 0.508 e. The van der Waals surface area contributed by atoms with Gasteiger partial charge in [-0.15, -0.1) is 6.42 Å². The summed E-state index contributed by atoms with van der Waals surface area (Å²) in [5.74, 6) is 1.02. The Labute approximate surface area is 473 Å². The number of hydrogen-bond donors (Lipinski definition) is 5. The number of anilines is 1. The first kappa shape index (κ1) is 57.2. The molecule has 0 aliphatic carbocycles. The third-order valence-electron chi connectivity index (χ3n) is 16.8. The number of carbonyl (C=O) groups excluding carboxylic acids is 3. The minimum Gasteiger partial charge on any atom is -0.508 e. The molecule has 5 aromatic rings. The molecule has 7 heterocycles. The van der Waals surface area contributed by atoms with Gasteiger partial charge in [0.2, 0.25) is 23.6 Å². The molecule has 0 saturated carbocycles. The van der Waals surface area contributed by atoms with E-state index >= 15 is 8.78 Å². The van der Waals surface area contributed by atoms with Crippen LogP contribution < -0.4 is 25.6 Å². The predicted molar refractivity (Wildman–Crippen MR) is 312 cm³/mol. The van der Waals surface area contributed by atoms with Crippen LogP contribution in [0.2, 0.25) is 0 Å². The Kier molecular flexibility index (Phi) is 17.6. The van der Waals surface area contributed by atoms with Gasteiger partial charge in [0.05, 0.1) is 18.3 Å². The second-order valence-corrected chi connectivity index (χ2v) is 23.7. The highest BCUT2D eigenvalue weighted by atomic mass is 19.1. The SMILES string of the molecule is C#Cc1c(F)ccc2cc(O)cc(-c3ncc4c(N5CC6CCC(C5)N6)nc(OCCCN5CCN(CCCCCCC(=O)NC(C(=O)N6C[C@H](O)C[C@H]6C(=O)NCc6ccc(C7=C(C)N=CC7)cc6)C(C)(C)C)CC5)cc4c3F)c12. The van der Waals surface area contributed by atoms with Gasteiger partial charge in [-0.3, -0.25) is 24.4 Å². The molecule has 5 aliphatic rings. The molecule has 4 fully saturated rings. The number of unbranched alkanes of at least 4 members (excludes halogenated alkanes) is 3. The van der Waals surface area contributed by atoms with Crippen LogP contribution in [0.3, 0.4) is 0 Å². The third kappa shape index (κ3) is 13.2. The van der Waals surface area contributed by atoms with Crippen molar-refractivity contribution < 1.29 is 38.1 Å². The van der Waals surface area contributed by atoms with Gasteiger partial charge >= 0.3 is 0 Å². The van der Waals surface area contributed by atoms with Crippen LogP contribution in [0.1, 0.15) is 109 Å². The maximum absolute atomic E-state index is 17.1. The molecule has 3 aromatic carbocycles. The van der Waals surface area contributed by atoms with E-state index in [1.165, 1.54) is 34.7 Å². The Bertz CT molecular complexity index is 3250. The maximum atomic E-state index is 17.1. The summed E-state index contributed by atoms with van der Waals surface area (Å²) in [5.41, 5.74) is 3.66. The van der Waals surface area contributed by atoms with Crippen LogP contribution in [-0.2, 0) is 20.9 Å². The van der Waals surface area contributed by atoms with Crippen molar-refractivity contribution >= 4 is 56.9 Å². The van der Waals surface area contributed by atoms with Gasteiger partial charge in [0.1, 0.15) is 35.2 Å². The van der Waals surface area contributed by atoms with Gasteiger partial charge in [0.15, 0.2) is 5.82 Å². The molecule has 4 saturated heterocycles. The number of piperazine rings is 2. The molecule has 3 amide bonds. The number of aliphatic hydroxyl groups excluding tert-OH is 1. The van der Waals surface area contributed by atoms with Crippen molar-refractivity contribution in [1.29, 1.82) is 0 Å². The molecule has 3 unspecified atom stereocenters. The Balaban J connectivity index is 0.660. The second kappa shape index (κ2) is 25.0. The molecular weight excluding hydrogens is 1030 g/mol. The van der Waals surface area contributed by atoms with Crippen molar-refractivity contribution in [1.82, 2.24) is 40.6 Å². The molecule has 18 heteroatoms. The van der Waals surface area contributed by atoms with Crippen LogP contribution in [-0.4, -0.2) is 155 Å². The number of aromatic hydroxyl groups is 1. The van der Waals surface area contributed by atoms with E-state index in [1.807, 2.05) is 58.2 Å². The number of fused-ring (bicyclic) bond motifs is 4. The maximum Gasteiger partial charge on any atom is 0.246 e. The van der Waals surface area contributed by atoms with Gasteiger partial charge in [-0.2, -0.15) is 4.98 Å². The van der Waals surface area contributed by atoms with Gasteiger partial charge in [-0.1, -0.05) is 69.9 Å². The molecule has 0 radical (unpaired) electrons. The fourth-order valence-corrected chi connectivity index (χ4v) is 12.4. The van der Waals surface area contributed by atoms with Crippen molar-refractivity contribution in [3.63, 3.8) is 0 Å². The number of phenols is 1. The number of aromatic nitrogens is 2. The van der Waals surface area contributed by atoms with Crippen LogP contribution >= 0.6 is 0 Å². The number of halogens is 2. The van der Waals surface area contributed by atoms with Gasteiger partial charge in [-0.25, -0.2) is 8.78 Å². The number of nitrogens with one attached hydrogen (secondary N) is 3. The smallest absolute Gasteiger partial charge is 0.246 e. The normalized spacial score (nSPS) is 20.8. The van der Waals surface area contributed by atoms with Crippen molar-refractivity contribution in [2.45, 2.75) is 129 Å². The Morgan fingerprint density at radius 3 is 2.32 bits per heavy atom. The molecule has 5 N–H and O–H groups in total. The average molecular weight is 1110 g/mol. The monoisotopic (exact) mass is 1110 g/mol. The first-order valence-corrected chi connectivity index (χ1v) is 28.9. The number of likely N-dealkylation sites (tertiary alicyclic amines) is 1. The fraction of sp³-hybridized carbons (Fsp3) is 0.492. The standard InChI is InChI=1S/C63H76F2N10O6/c1-6-47-52(64)20-17-42-30-45(76)31-50(56(42)47)58-57(65)49-33-55(71-60(51(49)35-67-58)74-36-43-18-19-44(37-74)69-43)81-29-11-24-73-27-25-72(26-28-73)23-10-8-7-9-12-54(78)70-59(63(3,4)5)62(80)75-38-46(77)32-53(75)61(79)68-34-40-13-15-41(16-14-40)48-21-22-66-39(48)2/h1,13-17,20,22,30-31,33,35,43-44,46,53,59,69,76-77H,7-12,18-19,21,23-29,32,34,36-38H2,2-5H3,(H,68,79)(H,70,78)/t43?,44?,46-,53+,59?/m1/s1. The Morgan fingerprint density at radius 2 is 1.63 bits per heavy atom. The van der Waals surface area contributed by atoms with Crippen LogP contribution in [0.4, 0.5) is 14.6 Å². The summed E-state index contributed by atoms with van der Waals surface area (Å²) in [6.07, 6.45) is 16.1.